The van der Waals surface area contributed by atoms with E-state index in [9.17, 15) is 9.59 Å². The van der Waals surface area contributed by atoms with Crippen molar-refractivity contribution in [2.75, 3.05) is 39.3 Å². The van der Waals surface area contributed by atoms with Gasteiger partial charge in [-0.15, -0.1) is 0 Å². The van der Waals surface area contributed by atoms with Crippen LogP contribution in [0.25, 0.3) is 0 Å². The first-order valence-electron chi connectivity index (χ1n) is 10.4. The molecule has 0 atom stereocenters. The van der Waals surface area contributed by atoms with Crippen molar-refractivity contribution >= 4 is 11.9 Å². The van der Waals surface area contributed by atoms with E-state index in [4.69, 9.17) is 10.5 Å². The van der Waals surface area contributed by atoms with Gasteiger partial charge in [-0.25, -0.2) is 4.79 Å². The molecule has 2 N–H and O–H groups in total. The van der Waals surface area contributed by atoms with Crippen LogP contribution in [0.5, 0.6) is 0 Å². The number of amides is 3. The summed E-state index contributed by atoms with van der Waals surface area (Å²) in [5, 5.41) is 0. The number of rotatable bonds is 5. The summed E-state index contributed by atoms with van der Waals surface area (Å²) in [5.41, 5.74) is 6.72. The van der Waals surface area contributed by atoms with Crippen LogP contribution in [0.2, 0.25) is 0 Å². The highest BCUT2D eigenvalue weighted by Gasteiger charge is 2.35. The minimum absolute atomic E-state index is 0.0552. The zero-order valence-corrected chi connectivity index (χ0v) is 16.4. The number of benzene rings is 1. The van der Waals surface area contributed by atoms with Crippen molar-refractivity contribution in [3.05, 3.63) is 35.4 Å². The van der Waals surface area contributed by atoms with E-state index in [0.29, 0.717) is 25.3 Å². The van der Waals surface area contributed by atoms with Crippen LogP contribution < -0.4 is 5.73 Å². The van der Waals surface area contributed by atoms with Gasteiger partial charge in [-0.3, -0.25) is 9.69 Å². The molecule has 7 heteroatoms. The Bertz CT molecular complexity index is 715. The zero-order chi connectivity index (χ0) is 19.5. The molecule has 0 bridgehead atoms. The zero-order valence-electron chi connectivity index (χ0n) is 16.4. The van der Waals surface area contributed by atoms with Gasteiger partial charge in [-0.2, -0.15) is 0 Å². The maximum absolute atomic E-state index is 12.8. The number of carbonyl (C=O) groups is 2. The van der Waals surface area contributed by atoms with Gasteiger partial charge in [0.1, 0.15) is 0 Å². The molecule has 1 aromatic rings. The average molecular weight is 386 g/mol. The van der Waals surface area contributed by atoms with Gasteiger partial charge in [-0.05, 0) is 37.0 Å². The fraction of sp³-hybridized carbons (Fsp3) is 0.619. The van der Waals surface area contributed by atoms with Gasteiger partial charge < -0.3 is 20.3 Å². The summed E-state index contributed by atoms with van der Waals surface area (Å²) in [4.78, 5) is 30.5. The molecule has 1 aromatic carbocycles. The molecular weight excluding hydrogens is 356 g/mol. The highest BCUT2D eigenvalue weighted by atomic mass is 16.5. The highest BCUT2D eigenvalue weighted by Crippen LogP contribution is 2.26. The molecule has 0 spiro atoms. The molecule has 2 aliphatic heterocycles. The number of hydrogen-bond acceptors (Lipinski definition) is 4. The molecule has 0 radical (unpaired) electrons. The lowest BCUT2D eigenvalue weighted by Crippen LogP contribution is -2.58. The molecule has 2 saturated heterocycles. The molecule has 4 rings (SSSR count). The third-order valence-corrected chi connectivity index (χ3v) is 6.21. The van der Waals surface area contributed by atoms with Gasteiger partial charge in [0.05, 0.1) is 25.8 Å². The molecule has 7 nitrogen and oxygen atoms in total. The van der Waals surface area contributed by atoms with E-state index in [-0.39, 0.29) is 12.1 Å². The molecule has 0 unspecified atom stereocenters. The number of likely N-dealkylation sites (tertiary alicyclic amines) is 1. The van der Waals surface area contributed by atoms with Crippen LogP contribution in [-0.2, 0) is 11.3 Å². The van der Waals surface area contributed by atoms with Gasteiger partial charge in [0.2, 0.25) is 5.91 Å². The monoisotopic (exact) mass is 386 g/mol. The van der Waals surface area contributed by atoms with E-state index in [0.717, 1.165) is 44.2 Å². The molecule has 1 saturated carbocycles. The Hall–Kier alpha value is -2.12. The van der Waals surface area contributed by atoms with Crippen LogP contribution in [-0.4, -0.2) is 78.1 Å². The largest absolute Gasteiger partial charge is 0.370 e. The summed E-state index contributed by atoms with van der Waals surface area (Å²) in [5.74, 6) is -0.435. The fourth-order valence-electron chi connectivity index (χ4n) is 4.17. The highest BCUT2D eigenvalue weighted by molar-refractivity contribution is 5.92. The molecule has 3 fully saturated rings. The van der Waals surface area contributed by atoms with Crippen molar-refractivity contribution in [1.82, 2.24) is 14.7 Å². The van der Waals surface area contributed by atoms with E-state index in [2.05, 4.69) is 4.90 Å². The molecule has 0 aromatic heterocycles. The van der Waals surface area contributed by atoms with E-state index >= 15 is 0 Å². The Balaban J connectivity index is 1.20. The van der Waals surface area contributed by atoms with Crippen molar-refractivity contribution in [1.29, 1.82) is 0 Å². The first-order chi connectivity index (χ1) is 13.6. The van der Waals surface area contributed by atoms with E-state index in [1.807, 2.05) is 21.9 Å². The fourth-order valence-corrected chi connectivity index (χ4v) is 4.17. The van der Waals surface area contributed by atoms with E-state index in [1.165, 1.54) is 19.3 Å². The van der Waals surface area contributed by atoms with Crippen molar-refractivity contribution < 1.29 is 14.3 Å². The minimum atomic E-state index is -0.435. The maximum atomic E-state index is 12.8. The molecule has 152 valence electrons. The predicted octanol–water partition coefficient (Wildman–Crippen LogP) is 1.67. The Kier molecular flexibility index (Phi) is 5.82. The number of nitrogens with zero attached hydrogens (tertiary/aromatic N) is 3. The Labute approximate surface area is 166 Å². The van der Waals surface area contributed by atoms with Crippen LogP contribution >= 0.6 is 0 Å². The second kappa shape index (κ2) is 8.49. The second-order valence-corrected chi connectivity index (χ2v) is 8.15. The van der Waals surface area contributed by atoms with Crippen LogP contribution in [0.1, 0.15) is 41.6 Å². The number of hydrogen-bond donors (Lipinski definition) is 1. The number of carbonyl (C=O) groups excluding carboxylic acids is 2. The third kappa shape index (κ3) is 4.31. The lowest BCUT2D eigenvalue weighted by atomic mass is 9.91. The third-order valence-electron chi connectivity index (χ3n) is 6.21. The summed E-state index contributed by atoms with van der Waals surface area (Å²) < 4.78 is 5.89. The van der Waals surface area contributed by atoms with Gasteiger partial charge in [-0.1, -0.05) is 18.6 Å². The van der Waals surface area contributed by atoms with Crippen molar-refractivity contribution in [2.24, 2.45) is 5.73 Å². The Morgan fingerprint density at radius 2 is 1.86 bits per heavy atom. The molecule has 28 heavy (non-hydrogen) atoms. The van der Waals surface area contributed by atoms with Crippen LogP contribution in [0.3, 0.4) is 0 Å². The lowest BCUT2D eigenvalue weighted by Gasteiger charge is -2.41. The summed E-state index contributed by atoms with van der Waals surface area (Å²) in [7, 11) is 0. The number of nitrogens with two attached hydrogens (primary N) is 1. The maximum Gasteiger partial charge on any atom is 0.320 e. The van der Waals surface area contributed by atoms with Gasteiger partial charge in [0.15, 0.2) is 0 Å². The van der Waals surface area contributed by atoms with Crippen molar-refractivity contribution in [2.45, 2.75) is 44.4 Å². The van der Waals surface area contributed by atoms with E-state index in [1.54, 1.807) is 12.1 Å². The predicted molar refractivity (Wildman–Crippen MR) is 106 cm³/mol. The Morgan fingerprint density at radius 3 is 2.57 bits per heavy atom. The summed E-state index contributed by atoms with van der Waals surface area (Å²) >= 11 is 0. The second-order valence-electron chi connectivity index (χ2n) is 8.15. The first kappa shape index (κ1) is 19.2. The summed E-state index contributed by atoms with van der Waals surface area (Å²) in [6, 6.07) is 8.08. The molecule has 1 aliphatic carbocycles. The van der Waals surface area contributed by atoms with Gasteiger partial charge >= 0.3 is 6.03 Å². The first-order valence-corrected chi connectivity index (χ1v) is 10.4. The molecule has 2 heterocycles. The molecule has 3 amide bonds. The van der Waals surface area contributed by atoms with Gasteiger partial charge in [0, 0.05) is 37.8 Å². The standard InChI is InChI=1S/C21H30N4O3/c22-20(26)17-5-1-4-16(12-17)15-28-19-13-25(14-19)21(27)24-9-3-8-23(10-11-24)18-6-2-7-18/h1,4-5,12,18-19H,2-3,6-11,13-15H2,(H2,22,26). The van der Waals surface area contributed by atoms with Crippen LogP contribution in [0, 0.1) is 0 Å². The van der Waals surface area contributed by atoms with Crippen molar-refractivity contribution in [3.8, 4) is 0 Å². The van der Waals surface area contributed by atoms with Crippen LogP contribution in [0.15, 0.2) is 24.3 Å². The van der Waals surface area contributed by atoms with Gasteiger partial charge in [0.25, 0.3) is 0 Å². The smallest absolute Gasteiger partial charge is 0.320 e. The van der Waals surface area contributed by atoms with Crippen molar-refractivity contribution in [3.63, 3.8) is 0 Å². The summed E-state index contributed by atoms with van der Waals surface area (Å²) in [6.45, 7) is 5.49. The quantitative estimate of drug-likeness (QED) is 0.835. The average Bonchev–Trinajstić information content (AvgIpc) is 2.85. The number of primary amides is 1. The normalized spacial score (nSPS) is 21.7. The number of ether oxygens (including phenoxy) is 1. The molecule has 3 aliphatic rings. The number of urea groups is 1. The Morgan fingerprint density at radius 1 is 1.04 bits per heavy atom. The topological polar surface area (TPSA) is 79.1 Å². The summed E-state index contributed by atoms with van der Waals surface area (Å²) in [6.07, 6.45) is 5.11. The van der Waals surface area contributed by atoms with E-state index < -0.39 is 5.91 Å². The lowest BCUT2D eigenvalue weighted by molar-refractivity contribution is -0.0493. The molecular formula is C21H30N4O3. The minimum Gasteiger partial charge on any atom is -0.370 e. The SMILES string of the molecule is NC(=O)c1cccc(COC2CN(C(=O)N3CCCN(C4CCC4)CC3)C2)c1. The van der Waals surface area contributed by atoms with Crippen LogP contribution in [0.4, 0.5) is 4.79 Å².